The number of hydrogen-bond donors (Lipinski definition) is 0. The van der Waals surface area contributed by atoms with Crippen LogP contribution < -0.4 is 9.47 Å². The number of methoxy groups -OCH3 is 1. The molecule has 2 aromatic carbocycles. The zero-order chi connectivity index (χ0) is 19.9. The molecule has 0 aliphatic carbocycles. The number of likely N-dealkylation sites (N-methyl/N-ethyl adjacent to an activating group) is 1. The van der Waals surface area contributed by atoms with Gasteiger partial charge in [-0.2, -0.15) is 0 Å². The summed E-state index contributed by atoms with van der Waals surface area (Å²) >= 11 is 0. The Morgan fingerprint density at radius 1 is 1.18 bits per heavy atom. The number of carbonyl (C=O) groups excluding carboxylic acids is 1. The Morgan fingerprint density at radius 3 is 2.64 bits per heavy atom. The average molecular weight is 383 g/mol. The van der Waals surface area contributed by atoms with Crippen molar-refractivity contribution in [1.82, 2.24) is 9.80 Å². The van der Waals surface area contributed by atoms with Gasteiger partial charge in [-0.1, -0.05) is 30.3 Å². The molecule has 0 spiro atoms. The van der Waals surface area contributed by atoms with E-state index in [-0.39, 0.29) is 5.91 Å². The molecule has 0 aromatic heterocycles. The predicted octanol–water partition coefficient (Wildman–Crippen LogP) is 3.89. The molecule has 150 valence electrons. The quantitative estimate of drug-likeness (QED) is 0.695. The smallest absolute Gasteiger partial charge is 0.236 e. The first-order chi connectivity index (χ1) is 13.6. The van der Waals surface area contributed by atoms with Gasteiger partial charge in [-0.05, 0) is 50.1 Å². The van der Waals surface area contributed by atoms with Crippen LogP contribution in [0.2, 0.25) is 0 Å². The Morgan fingerprint density at radius 2 is 1.93 bits per heavy atom. The first-order valence-electron chi connectivity index (χ1n) is 9.95. The van der Waals surface area contributed by atoms with Crippen molar-refractivity contribution < 1.29 is 14.3 Å². The number of para-hydroxylation sites is 1. The van der Waals surface area contributed by atoms with Crippen LogP contribution in [0.25, 0.3) is 0 Å². The summed E-state index contributed by atoms with van der Waals surface area (Å²) in [6.07, 6.45) is 2.19. The lowest BCUT2D eigenvalue weighted by Gasteiger charge is -2.27. The Balaban J connectivity index is 1.62. The van der Waals surface area contributed by atoms with Crippen LogP contribution in [0.1, 0.15) is 36.9 Å². The highest BCUT2D eigenvalue weighted by molar-refractivity contribution is 5.78. The number of rotatable bonds is 8. The number of amides is 1. The van der Waals surface area contributed by atoms with E-state index in [9.17, 15) is 4.79 Å². The standard InChI is InChI=1S/C23H30N2O3/c1-4-28-20-13-11-18(12-14-20)21-9-7-15-25(21)17-23(26)24(2)16-19-8-5-6-10-22(19)27-3/h5-6,8,10-14,21H,4,7,9,15-17H2,1-3H3. The summed E-state index contributed by atoms with van der Waals surface area (Å²) in [7, 11) is 3.52. The SMILES string of the molecule is CCOc1ccc(C2CCCN2CC(=O)N(C)Cc2ccccc2OC)cc1. The van der Waals surface area contributed by atoms with Gasteiger partial charge >= 0.3 is 0 Å². The Labute approximate surface area is 167 Å². The second kappa shape index (κ2) is 9.60. The second-order valence-corrected chi connectivity index (χ2v) is 7.19. The van der Waals surface area contributed by atoms with E-state index in [2.05, 4.69) is 17.0 Å². The fraction of sp³-hybridized carbons (Fsp3) is 0.435. The molecule has 28 heavy (non-hydrogen) atoms. The first-order valence-corrected chi connectivity index (χ1v) is 9.95. The third-order valence-corrected chi connectivity index (χ3v) is 5.30. The lowest BCUT2D eigenvalue weighted by molar-refractivity contribution is -0.131. The molecule has 1 unspecified atom stereocenters. The zero-order valence-corrected chi connectivity index (χ0v) is 17.1. The average Bonchev–Trinajstić information content (AvgIpc) is 3.17. The van der Waals surface area contributed by atoms with E-state index in [1.54, 1.807) is 12.0 Å². The van der Waals surface area contributed by atoms with Gasteiger partial charge in [0.1, 0.15) is 11.5 Å². The monoisotopic (exact) mass is 382 g/mol. The van der Waals surface area contributed by atoms with E-state index >= 15 is 0 Å². The van der Waals surface area contributed by atoms with Crippen molar-refractivity contribution in [3.8, 4) is 11.5 Å². The summed E-state index contributed by atoms with van der Waals surface area (Å²) in [5.74, 6) is 1.84. The van der Waals surface area contributed by atoms with E-state index in [0.29, 0.717) is 25.7 Å². The molecule has 1 amide bonds. The zero-order valence-electron chi connectivity index (χ0n) is 17.1. The molecule has 0 N–H and O–H groups in total. The van der Waals surface area contributed by atoms with E-state index in [1.807, 2.05) is 50.4 Å². The van der Waals surface area contributed by atoms with Crippen LogP contribution in [-0.2, 0) is 11.3 Å². The first kappa shape index (κ1) is 20.2. The summed E-state index contributed by atoms with van der Waals surface area (Å²) in [4.78, 5) is 16.9. The van der Waals surface area contributed by atoms with Crippen molar-refractivity contribution in [2.45, 2.75) is 32.4 Å². The fourth-order valence-electron chi connectivity index (χ4n) is 3.82. The molecule has 1 aliphatic heterocycles. The van der Waals surface area contributed by atoms with E-state index in [1.165, 1.54) is 5.56 Å². The van der Waals surface area contributed by atoms with Crippen molar-refractivity contribution in [3.05, 3.63) is 59.7 Å². The molecule has 1 aliphatic rings. The number of ether oxygens (including phenoxy) is 2. The molecular formula is C23H30N2O3. The van der Waals surface area contributed by atoms with Gasteiger partial charge in [-0.3, -0.25) is 9.69 Å². The number of carbonyl (C=O) groups is 1. The number of nitrogens with zero attached hydrogens (tertiary/aromatic N) is 2. The van der Waals surface area contributed by atoms with Gasteiger partial charge in [0.05, 0.1) is 20.3 Å². The van der Waals surface area contributed by atoms with Gasteiger partial charge < -0.3 is 14.4 Å². The van der Waals surface area contributed by atoms with Crippen LogP contribution in [0, 0.1) is 0 Å². The summed E-state index contributed by atoms with van der Waals surface area (Å²) in [5, 5.41) is 0. The van der Waals surface area contributed by atoms with Crippen molar-refractivity contribution in [1.29, 1.82) is 0 Å². The second-order valence-electron chi connectivity index (χ2n) is 7.19. The molecule has 5 heteroatoms. The van der Waals surface area contributed by atoms with Crippen molar-refractivity contribution in [3.63, 3.8) is 0 Å². The van der Waals surface area contributed by atoms with Crippen molar-refractivity contribution in [2.24, 2.45) is 0 Å². The van der Waals surface area contributed by atoms with Crippen molar-refractivity contribution in [2.75, 3.05) is 33.9 Å². The molecule has 0 saturated carbocycles. The van der Waals surface area contributed by atoms with Crippen LogP contribution in [0.5, 0.6) is 11.5 Å². The number of likely N-dealkylation sites (tertiary alicyclic amines) is 1. The topological polar surface area (TPSA) is 42.0 Å². The highest BCUT2D eigenvalue weighted by atomic mass is 16.5. The molecule has 5 nitrogen and oxygen atoms in total. The fourth-order valence-corrected chi connectivity index (χ4v) is 3.82. The van der Waals surface area contributed by atoms with Crippen LogP contribution >= 0.6 is 0 Å². The predicted molar refractivity (Wildman–Crippen MR) is 111 cm³/mol. The van der Waals surface area contributed by atoms with Gasteiger partial charge in [0, 0.05) is 25.2 Å². The Hall–Kier alpha value is -2.53. The number of benzene rings is 2. The van der Waals surface area contributed by atoms with Crippen LogP contribution in [0.3, 0.4) is 0 Å². The van der Waals surface area contributed by atoms with E-state index in [0.717, 1.165) is 36.4 Å². The van der Waals surface area contributed by atoms with E-state index < -0.39 is 0 Å². The minimum Gasteiger partial charge on any atom is -0.496 e. The van der Waals surface area contributed by atoms with Crippen LogP contribution in [-0.4, -0.2) is 49.6 Å². The molecular weight excluding hydrogens is 352 g/mol. The summed E-state index contributed by atoms with van der Waals surface area (Å²) in [5.41, 5.74) is 2.27. The molecule has 1 atom stereocenters. The largest absolute Gasteiger partial charge is 0.496 e. The molecule has 1 heterocycles. The lowest BCUT2D eigenvalue weighted by Crippen LogP contribution is -2.37. The molecule has 0 bridgehead atoms. The minimum absolute atomic E-state index is 0.128. The maximum Gasteiger partial charge on any atom is 0.236 e. The maximum atomic E-state index is 12.8. The third kappa shape index (κ3) is 4.84. The highest BCUT2D eigenvalue weighted by Gasteiger charge is 2.28. The summed E-state index contributed by atoms with van der Waals surface area (Å²) in [6.45, 7) is 4.59. The van der Waals surface area contributed by atoms with Crippen LogP contribution in [0.4, 0.5) is 0 Å². The summed E-state index contributed by atoms with van der Waals surface area (Å²) < 4.78 is 10.9. The maximum absolute atomic E-state index is 12.8. The summed E-state index contributed by atoms with van der Waals surface area (Å²) in [6, 6.07) is 16.4. The lowest BCUT2D eigenvalue weighted by atomic mass is 10.0. The molecule has 2 aromatic rings. The van der Waals surface area contributed by atoms with Gasteiger partial charge in [0.25, 0.3) is 0 Å². The Kier molecular flexibility index (Phi) is 6.93. The number of hydrogen-bond acceptors (Lipinski definition) is 4. The normalized spacial score (nSPS) is 16.8. The van der Waals surface area contributed by atoms with E-state index in [4.69, 9.17) is 9.47 Å². The van der Waals surface area contributed by atoms with Gasteiger partial charge in [0.15, 0.2) is 0 Å². The van der Waals surface area contributed by atoms with Gasteiger partial charge in [-0.25, -0.2) is 0 Å². The van der Waals surface area contributed by atoms with Crippen LogP contribution in [0.15, 0.2) is 48.5 Å². The highest BCUT2D eigenvalue weighted by Crippen LogP contribution is 2.32. The third-order valence-electron chi connectivity index (χ3n) is 5.30. The minimum atomic E-state index is 0.128. The van der Waals surface area contributed by atoms with Gasteiger partial charge in [-0.15, -0.1) is 0 Å². The molecule has 3 rings (SSSR count). The van der Waals surface area contributed by atoms with Crippen molar-refractivity contribution >= 4 is 5.91 Å². The Bertz CT molecular complexity index is 776. The molecule has 0 radical (unpaired) electrons. The van der Waals surface area contributed by atoms with Gasteiger partial charge in [0.2, 0.25) is 5.91 Å². The molecule has 1 fully saturated rings. The molecule has 1 saturated heterocycles.